The first-order valence-electron chi connectivity index (χ1n) is 5.11. The molecule has 6 heteroatoms. The Kier molecular flexibility index (Phi) is 3.42. The van der Waals surface area contributed by atoms with Gasteiger partial charge in [0, 0.05) is 18.1 Å². The Balaban J connectivity index is 2.23. The van der Waals surface area contributed by atoms with Crippen LogP contribution in [0.5, 0.6) is 17.2 Å². The molecule has 17 heavy (non-hydrogen) atoms. The molecule has 5 nitrogen and oxygen atoms in total. The van der Waals surface area contributed by atoms with Gasteiger partial charge in [-0.1, -0.05) is 0 Å². The van der Waals surface area contributed by atoms with Crippen molar-refractivity contribution in [2.45, 2.75) is 19.3 Å². The molecule has 0 radical (unpaired) electrons. The van der Waals surface area contributed by atoms with E-state index in [0.717, 1.165) is 0 Å². The average molecular weight is 303 g/mol. The Labute approximate surface area is 106 Å². The summed E-state index contributed by atoms with van der Waals surface area (Å²) in [4.78, 5) is 10.4. The molecule has 0 spiro atoms. The van der Waals surface area contributed by atoms with E-state index in [1.807, 2.05) is 0 Å². The van der Waals surface area contributed by atoms with Crippen molar-refractivity contribution in [1.82, 2.24) is 0 Å². The third kappa shape index (κ3) is 2.46. The Bertz CT molecular complexity index is 458. The van der Waals surface area contributed by atoms with E-state index in [1.54, 1.807) is 6.07 Å². The number of aromatic hydroxyl groups is 1. The Morgan fingerprint density at radius 3 is 2.94 bits per heavy atom. The third-order valence-electron chi connectivity index (χ3n) is 2.50. The molecule has 92 valence electrons. The van der Waals surface area contributed by atoms with Gasteiger partial charge in [-0.15, -0.1) is 0 Å². The lowest BCUT2D eigenvalue weighted by atomic mass is 10.1. The predicted octanol–water partition coefficient (Wildman–Crippen LogP) is 2.29. The largest absolute Gasteiger partial charge is 0.506 e. The van der Waals surface area contributed by atoms with E-state index in [4.69, 9.17) is 14.6 Å². The molecule has 2 rings (SSSR count). The Morgan fingerprint density at radius 2 is 2.24 bits per heavy atom. The lowest BCUT2D eigenvalue weighted by Crippen LogP contribution is -1.98. The molecule has 0 saturated carbocycles. The fourth-order valence-electron chi connectivity index (χ4n) is 1.72. The SMILES string of the molecule is O=C(O)CCCc1c(O)c(Br)cc2c1OCO2. The number of aliphatic carboxylic acids is 1. The lowest BCUT2D eigenvalue weighted by Gasteiger charge is -2.09. The van der Waals surface area contributed by atoms with Crippen LogP contribution in [-0.2, 0) is 11.2 Å². The fourth-order valence-corrected chi connectivity index (χ4v) is 2.16. The number of benzene rings is 1. The summed E-state index contributed by atoms with van der Waals surface area (Å²) in [5, 5.41) is 18.5. The highest BCUT2D eigenvalue weighted by molar-refractivity contribution is 9.10. The van der Waals surface area contributed by atoms with Crippen molar-refractivity contribution in [2.75, 3.05) is 6.79 Å². The van der Waals surface area contributed by atoms with Gasteiger partial charge in [-0.3, -0.25) is 4.79 Å². The number of phenolic OH excluding ortho intramolecular Hbond substituents is 1. The van der Waals surface area contributed by atoms with E-state index >= 15 is 0 Å². The minimum Gasteiger partial charge on any atom is -0.506 e. The zero-order chi connectivity index (χ0) is 12.4. The van der Waals surface area contributed by atoms with Crippen molar-refractivity contribution < 1.29 is 24.5 Å². The average Bonchev–Trinajstić information content (AvgIpc) is 2.70. The van der Waals surface area contributed by atoms with Gasteiger partial charge >= 0.3 is 5.97 Å². The summed E-state index contributed by atoms with van der Waals surface area (Å²) in [7, 11) is 0. The zero-order valence-corrected chi connectivity index (χ0v) is 10.5. The standard InChI is InChI=1S/C11H11BrO5/c12-7-4-8-11(17-5-16-8)6(10(7)15)2-1-3-9(13)14/h4,15H,1-3,5H2,(H,13,14). The van der Waals surface area contributed by atoms with Crippen molar-refractivity contribution >= 4 is 21.9 Å². The normalized spacial score (nSPS) is 12.8. The molecular formula is C11H11BrO5. The number of halogens is 1. The molecule has 0 unspecified atom stereocenters. The molecular weight excluding hydrogens is 292 g/mol. The van der Waals surface area contributed by atoms with Crippen molar-refractivity contribution in [2.24, 2.45) is 0 Å². The number of hydrogen-bond acceptors (Lipinski definition) is 4. The number of rotatable bonds is 4. The highest BCUT2D eigenvalue weighted by atomic mass is 79.9. The molecule has 1 heterocycles. The summed E-state index contributed by atoms with van der Waals surface area (Å²) in [6.07, 6.45) is 0.931. The summed E-state index contributed by atoms with van der Waals surface area (Å²) in [6, 6.07) is 1.64. The maximum Gasteiger partial charge on any atom is 0.303 e. The first-order chi connectivity index (χ1) is 8.09. The molecule has 0 aromatic heterocycles. The van der Waals surface area contributed by atoms with Crippen LogP contribution >= 0.6 is 15.9 Å². The van der Waals surface area contributed by atoms with Gasteiger partial charge in [0.1, 0.15) is 5.75 Å². The van der Waals surface area contributed by atoms with Crippen molar-refractivity contribution in [3.05, 3.63) is 16.1 Å². The number of carboxylic acid groups (broad SMARTS) is 1. The van der Waals surface area contributed by atoms with Crippen LogP contribution in [0.15, 0.2) is 10.5 Å². The second kappa shape index (κ2) is 4.83. The highest BCUT2D eigenvalue weighted by Crippen LogP contribution is 2.45. The molecule has 1 aromatic carbocycles. The molecule has 2 N–H and O–H groups in total. The van der Waals surface area contributed by atoms with Crippen molar-refractivity contribution in [1.29, 1.82) is 0 Å². The number of carboxylic acids is 1. The summed E-state index contributed by atoms with van der Waals surface area (Å²) < 4.78 is 11.0. The molecule has 1 aromatic rings. The smallest absolute Gasteiger partial charge is 0.303 e. The number of phenols is 1. The van der Waals surface area contributed by atoms with Crippen LogP contribution in [0.3, 0.4) is 0 Å². The second-order valence-corrected chi connectivity index (χ2v) is 4.52. The van der Waals surface area contributed by atoms with Crippen molar-refractivity contribution in [3.63, 3.8) is 0 Å². The van der Waals surface area contributed by atoms with Gasteiger partial charge in [-0.25, -0.2) is 0 Å². The van der Waals surface area contributed by atoms with E-state index in [2.05, 4.69) is 15.9 Å². The van der Waals surface area contributed by atoms with Crippen molar-refractivity contribution in [3.8, 4) is 17.2 Å². The van der Waals surface area contributed by atoms with Crippen LogP contribution in [0.4, 0.5) is 0 Å². The van der Waals surface area contributed by atoms with Gasteiger partial charge in [-0.05, 0) is 28.8 Å². The molecule has 1 aliphatic rings. The van der Waals surface area contributed by atoms with Gasteiger partial charge in [-0.2, -0.15) is 0 Å². The second-order valence-electron chi connectivity index (χ2n) is 3.67. The maximum absolute atomic E-state index is 10.4. The molecule has 1 aliphatic heterocycles. The number of fused-ring (bicyclic) bond motifs is 1. The maximum atomic E-state index is 10.4. The minimum absolute atomic E-state index is 0.0571. The minimum atomic E-state index is -0.853. The van der Waals surface area contributed by atoms with Crippen LogP contribution in [0.25, 0.3) is 0 Å². The predicted molar refractivity (Wildman–Crippen MR) is 62.5 cm³/mol. The van der Waals surface area contributed by atoms with E-state index in [1.165, 1.54) is 0 Å². The molecule has 0 atom stereocenters. The summed E-state index contributed by atoms with van der Waals surface area (Å²) in [6.45, 7) is 0.122. The summed E-state index contributed by atoms with van der Waals surface area (Å²) in [5.74, 6) is 0.309. The fraction of sp³-hybridized carbons (Fsp3) is 0.364. The lowest BCUT2D eigenvalue weighted by molar-refractivity contribution is -0.137. The zero-order valence-electron chi connectivity index (χ0n) is 8.90. The van der Waals surface area contributed by atoms with E-state index in [-0.39, 0.29) is 19.0 Å². The van der Waals surface area contributed by atoms with E-state index < -0.39 is 5.97 Å². The molecule has 0 fully saturated rings. The number of ether oxygens (including phenoxy) is 2. The molecule has 0 bridgehead atoms. The van der Waals surface area contributed by atoms with Gasteiger partial charge in [0.05, 0.1) is 4.47 Å². The Morgan fingerprint density at radius 1 is 1.47 bits per heavy atom. The van der Waals surface area contributed by atoms with Crippen LogP contribution in [0, 0.1) is 0 Å². The van der Waals surface area contributed by atoms with Gasteiger partial charge in [0.15, 0.2) is 11.5 Å². The highest BCUT2D eigenvalue weighted by Gasteiger charge is 2.23. The monoisotopic (exact) mass is 302 g/mol. The first kappa shape index (κ1) is 12.0. The number of carbonyl (C=O) groups is 1. The van der Waals surface area contributed by atoms with Crippen LogP contribution in [-0.4, -0.2) is 23.0 Å². The molecule has 0 amide bonds. The molecule has 0 saturated heterocycles. The summed E-state index contributed by atoms with van der Waals surface area (Å²) in [5.41, 5.74) is 0.591. The van der Waals surface area contributed by atoms with Gasteiger partial charge < -0.3 is 19.7 Å². The van der Waals surface area contributed by atoms with E-state index in [0.29, 0.717) is 34.4 Å². The summed E-state index contributed by atoms with van der Waals surface area (Å²) >= 11 is 3.22. The van der Waals surface area contributed by atoms with Gasteiger partial charge in [0.2, 0.25) is 6.79 Å². The van der Waals surface area contributed by atoms with Crippen LogP contribution in [0.2, 0.25) is 0 Å². The Hall–Kier alpha value is -1.43. The van der Waals surface area contributed by atoms with Crippen LogP contribution < -0.4 is 9.47 Å². The van der Waals surface area contributed by atoms with E-state index in [9.17, 15) is 9.90 Å². The van der Waals surface area contributed by atoms with Crippen LogP contribution in [0.1, 0.15) is 18.4 Å². The quantitative estimate of drug-likeness (QED) is 0.892. The third-order valence-corrected chi connectivity index (χ3v) is 3.11. The first-order valence-corrected chi connectivity index (χ1v) is 5.90. The van der Waals surface area contributed by atoms with Gasteiger partial charge in [0.25, 0.3) is 0 Å². The topological polar surface area (TPSA) is 76.0 Å². The molecule has 0 aliphatic carbocycles. The number of hydrogen-bond donors (Lipinski definition) is 2.